The number of hydrogen-bond acceptors (Lipinski definition) is 40. The summed E-state index contributed by atoms with van der Waals surface area (Å²) in [6, 6.07) is 0. The lowest BCUT2D eigenvalue weighted by Gasteiger charge is -2.09. The van der Waals surface area contributed by atoms with Crippen LogP contribution in [-0.4, -0.2) is 515 Å². The van der Waals surface area contributed by atoms with Crippen LogP contribution in [0.25, 0.3) is 20.9 Å². The van der Waals surface area contributed by atoms with Crippen LogP contribution in [0.3, 0.4) is 0 Å². The Labute approximate surface area is 746 Å². The van der Waals surface area contributed by atoms with Crippen LogP contribution in [0, 0.1) is 0 Å². The minimum Gasteiger partial charge on any atom is -0.379 e. The predicted octanol–water partition coefficient (Wildman–Crippen LogP) is 1.46. The Bertz CT molecular complexity index is 2150. The summed E-state index contributed by atoms with van der Waals surface area (Å²) in [6.45, 7) is 34.9. The van der Waals surface area contributed by atoms with Crippen molar-refractivity contribution in [1.29, 1.82) is 0 Å². The number of nitrogens with zero attached hydrogens (tertiary/aromatic N) is 6. The molecule has 0 aliphatic rings. The molecule has 2 N–H and O–H groups in total. The Morgan fingerprint density at radius 3 is 0.317 bits per heavy atom. The highest BCUT2D eigenvalue weighted by atomic mass is 16.6. The van der Waals surface area contributed by atoms with Gasteiger partial charge in [-0.2, -0.15) is 0 Å². The highest BCUT2D eigenvalue weighted by Gasteiger charge is 2.05. The standard InChI is InChI=1S/C52H104N4O25.C28H56N4O13/c1-54-52(57)2-4-58-6-8-60-10-12-62-14-16-64-18-20-66-22-24-68-26-28-70-30-32-72-34-36-74-38-40-76-42-44-78-46-48-80-50-51-81-49-47-79-45-43-77-41-39-75-37-35-73-33-31-71-29-27-69-25-23-67-21-19-65-17-15-63-13-11-61-9-7-59-5-3-55-56-53;1-30-28(33)2-4-34-6-8-36-10-12-38-14-16-40-18-20-42-22-24-44-26-27-45-25-23-43-21-19-41-17-15-39-13-11-37-9-7-35-5-3-31-32-29/h2-51H2,1H3,(H,54,57);2-27H2,1H3,(H,30,33). The van der Waals surface area contributed by atoms with E-state index in [9.17, 15) is 9.59 Å². The molecule has 0 aliphatic carbocycles. The van der Waals surface area contributed by atoms with E-state index >= 15 is 0 Å². The van der Waals surface area contributed by atoms with Crippen molar-refractivity contribution in [2.24, 2.45) is 10.2 Å². The Morgan fingerprint density at radius 2 is 0.238 bits per heavy atom. The summed E-state index contributed by atoms with van der Waals surface area (Å²) < 4.78 is 196. The third-order valence-corrected chi connectivity index (χ3v) is 15.0. The third kappa shape index (κ3) is 122. The molecule has 46 heteroatoms. The van der Waals surface area contributed by atoms with Crippen LogP contribution >= 0.6 is 0 Å². The van der Waals surface area contributed by atoms with Crippen molar-refractivity contribution in [3.05, 3.63) is 20.9 Å². The molecule has 46 nitrogen and oxygen atoms in total. The molecule has 126 heavy (non-hydrogen) atoms. The molecule has 0 heterocycles. The second-order valence-corrected chi connectivity index (χ2v) is 24.8. The lowest BCUT2D eigenvalue weighted by molar-refractivity contribution is -0.122. The van der Waals surface area contributed by atoms with Crippen LogP contribution in [0.2, 0.25) is 0 Å². The maximum absolute atomic E-state index is 11.1. The second kappa shape index (κ2) is 121. The van der Waals surface area contributed by atoms with Gasteiger partial charge in [-0.15, -0.1) is 0 Å². The Kier molecular flexibility index (Phi) is 119. The van der Waals surface area contributed by atoms with Gasteiger partial charge < -0.3 is 181 Å². The van der Waals surface area contributed by atoms with E-state index in [4.69, 9.17) is 182 Å². The van der Waals surface area contributed by atoms with E-state index in [2.05, 4.69) is 30.7 Å². The summed E-state index contributed by atoms with van der Waals surface area (Å²) in [6.07, 6.45) is 0.700. The first-order valence-electron chi connectivity index (χ1n) is 43.8. The molecule has 0 rings (SSSR count). The Hall–Kier alpha value is -3.88. The lowest BCUT2D eigenvalue weighted by atomic mass is 10.4. The van der Waals surface area contributed by atoms with E-state index in [0.29, 0.717) is 502 Å². The van der Waals surface area contributed by atoms with Gasteiger partial charge in [-0.05, 0) is 11.1 Å². The molecular weight excluding hydrogens is 1680 g/mol. The van der Waals surface area contributed by atoms with Gasteiger partial charge in [0, 0.05) is 49.8 Å². The SMILES string of the molecule is CNC(=O)CCOCCOCCOCCOCCOCCOCCOCCOCCOCCOCCOCCOCCN=[N+]=[N-].CNC(=O)CCOCCOCCOCCOCCOCCOCCOCCOCCOCCOCCOCCOCCOCCOCCOCCOCCOCCOCCOCCOCCOCCOCCOCCOCCN=[N+]=[N-]. The first kappa shape index (κ1) is 124. The number of azide groups is 2. The first-order chi connectivity index (χ1) is 62.6. The van der Waals surface area contributed by atoms with Gasteiger partial charge in [0.2, 0.25) is 11.8 Å². The molecule has 0 radical (unpaired) electrons. The smallest absolute Gasteiger partial charge is 0.222 e. The van der Waals surface area contributed by atoms with Crippen molar-refractivity contribution in [3.8, 4) is 0 Å². The number of carbonyl (C=O) groups is 2. The fourth-order valence-electron chi connectivity index (χ4n) is 8.56. The molecule has 0 saturated heterocycles. The van der Waals surface area contributed by atoms with Crippen LogP contribution in [0.5, 0.6) is 0 Å². The van der Waals surface area contributed by atoms with Crippen molar-refractivity contribution in [2.45, 2.75) is 12.8 Å². The number of hydrogen-bond donors (Lipinski definition) is 2. The minimum absolute atomic E-state index is 0.0390. The molecule has 0 bridgehead atoms. The molecule has 2 amide bonds. The van der Waals surface area contributed by atoms with E-state index < -0.39 is 0 Å². The van der Waals surface area contributed by atoms with Gasteiger partial charge in [0.25, 0.3) is 0 Å². The van der Waals surface area contributed by atoms with Crippen molar-refractivity contribution in [2.75, 3.05) is 503 Å². The average molecular weight is 1840 g/mol. The van der Waals surface area contributed by atoms with E-state index in [0.717, 1.165) is 0 Å². The zero-order chi connectivity index (χ0) is 90.6. The highest BCUT2D eigenvalue weighted by molar-refractivity contribution is 5.75. The van der Waals surface area contributed by atoms with Crippen LogP contribution in [0.4, 0.5) is 0 Å². The Morgan fingerprint density at radius 1 is 0.159 bits per heavy atom. The predicted molar refractivity (Wildman–Crippen MR) is 455 cm³/mol. The molecule has 0 aromatic carbocycles. The largest absolute Gasteiger partial charge is 0.379 e. The van der Waals surface area contributed by atoms with E-state index in [1.54, 1.807) is 14.1 Å². The molecule has 0 aliphatic heterocycles. The fourth-order valence-corrected chi connectivity index (χ4v) is 8.56. The number of rotatable bonds is 114. The zero-order valence-electron chi connectivity index (χ0n) is 75.9. The van der Waals surface area contributed by atoms with Crippen LogP contribution in [-0.2, 0) is 180 Å². The molecule has 0 aromatic heterocycles. The Balaban J connectivity index is 0. The summed E-state index contributed by atoms with van der Waals surface area (Å²) in [5.41, 5.74) is 16.3. The fraction of sp³-hybridized carbons (Fsp3) is 0.975. The molecule has 0 spiro atoms. The summed E-state index contributed by atoms with van der Waals surface area (Å²) >= 11 is 0. The second-order valence-electron chi connectivity index (χ2n) is 24.8. The summed E-state index contributed by atoms with van der Waals surface area (Å²) in [5, 5.41) is 11.8. The van der Waals surface area contributed by atoms with Gasteiger partial charge in [0.05, 0.1) is 476 Å². The maximum atomic E-state index is 11.1. The van der Waals surface area contributed by atoms with Crippen molar-refractivity contribution >= 4 is 11.8 Å². The van der Waals surface area contributed by atoms with Gasteiger partial charge >= 0.3 is 0 Å². The number of carbonyl (C=O) groups excluding carboxylic acids is 2. The topological polar surface area (TPSA) is 488 Å². The van der Waals surface area contributed by atoms with Gasteiger partial charge in [-0.25, -0.2) is 0 Å². The van der Waals surface area contributed by atoms with Crippen molar-refractivity contribution < 1.29 is 180 Å². The van der Waals surface area contributed by atoms with Gasteiger partial charge in [-0.3, -0.25) is 9.59 Å². The minimum atomic E-state index is -0.0424. The summed E-state index contributed by atoms with van der Waals surface area (Å²) in [7, 11) is 3.20. The summed E-state index contributed by atoms with van der Waals surface area (Å²) in [5.74, 6) is -0.0815. The van der Waals surface area contributed by atoms with Gasteiger partial charge in [0.15, 0.2) is 0 Å². The normalized spacial score (nSPS) is 11.4. The maximum Gasteiger partial charge on any atom is 0.222 e. The van der Waals surface area contributed by atoms with Crippen LogP contribution in [0.1, 0.15) is 12.8 Å². The first-order valence-corrected chi connectivity index (χ1v) is 43.8. The number of amides is 2. The van der Waals surface area contributed by atoms with Crippen LogP contribution < -0.4 is 10.6 Å². The molecular formula is C80H160N8O38. The van der Waals surface area contributed by atoms with E-state index in [1.165, 1.54) is 0 Å². The van der Waals surface area contributed by atoms with Gasteiger partial charge in [-0.1, -0.05) is 10.2 Å². The van der Waals surface area contributed by atoms with Gasteiger partial charge in [0.1, 0.15) is 0 Å². The van der Waals surface area contributed by atoms with Crippen molar-refractivity contribution in [1.82, 2.24) is 10.6 Å². The molecule has 748 valence electrons. The van der Waals surface area contributed by atoms with Crippen LogP contribution in [0.15, 0.2) is 10.2 Å². The van der Waals surface area contributed by atoms with E-state index in [-0.39, 0.29) is 11.8 Å². The van der Waals surface area contributed by atoms with E-state index in [1.807, 2.05) is 0 Å². The molecule has 0 unspecified atom stereocenters. The quantitative estimate of drug-likeness (QED) is 0.0377. The molecule has 0 atom stereocenters. The molecule has 0 saturated carbocycles. The zero-order valence-corrected chi connectivity index (χ0v) is 75.9. The third-order valence-electron chi connectivity index (χ3n) is 15.0. The number of ether oxygens (including phenoxy) is 36. The molecule has 0 aromatic rings. The summed E-state index contributed by atoms with van der Waals surface area (Å²) in [4.78, 5) is 27.4. The molecule has 0 fully saturated rings. The lowest BCUT2D eigenvalue weighted by Crippen LogP contribution is -2.20. The number of nitrogens with one attached hydrogen (secondary N) is 2. The average Bonchev–Trinajstić information content (AvgIpc) is 1.08. The van der Waals surface area contributed by atoms with Crippen molar-refractivity contribution in [3.63, 3.8) is 0 Å². The monoisotopic (exact) mass is 1840 g/mol. The highest BCUT2D eigenvalue weighted by Crippen LogP contribution is 1.96.